The minimum Gasteiger partial charge on any atom is -0.487 e. The Morgan fingerprint density at radius 1 is 1.07 bits per heavy atom. The number of morpholine rings is 1. The number of aromatic nitrogens is 2. The van der Waals surface area contributed by atoms with Crippen LogP contribution in [0.3, 0.4) is 0 Å². The molecular weight excluding hydrogens is 582 g/mol. The summed E-state index contributed by atoms with van der Waals surface area (Å²) in [6, 6.07) is 18.8. The van der Waals surface area contributed by atoms with E-state index < -0.39 is 11.4 Å². The maximum atomic E-state index is 13.2. The molecule has 45 heavy (non-hydrogen) atoms. The number of anilines is 1. The Labute approximate surface area is 271 Å². The number of nitrogens with one attached hydrogen (secondary N) is 1. The van der Waals surface area contributed by atoms with Gasteiger partial charge in [0.2, 0.25) is 0 Å². The van der Waals surface area contributed by atoms with E-state index in [1.807, 2.05) is 45.2 Å². The van der Waals surface area contributed by atoms with Gasteiger partial charge in [0.05, 0.1) is 24.3 Å². The van der Waals surface area contributed by atoms with E-state index in [4.69, 9.17) is 9.47 Å². The molecule has 0 saturated carbocycles. The lowest BCUT2D eigenvalue weighted by molar-refractivity contribution is -0.151. The van der Waals surface area contributed by atoms with Crippen LogP contribution in [-0.2, 0) is 22.6 Å². The van der Waals surface area contributed by atoms with E-state index in [2.05, 4.69) is 72.0 Å². The molecule has 4 aromatic rings. The Balaban J connectivity index is 1.56. The molecule has 1 aliphatic heterocycles. The standard InChI is InChI=1S/C37H47N3O4S/c1-7-37(8-2,35(41)42)31(21-26-10-13-28(14-11-26)40-17-19-43-20-18-40)33-34(45-36(4,5)6)30-22-29(15-16-32(30)39-33)44-24-27-12-9-25(3)23-38-27/h9-16,22-23,31,39H,7-8,17-21,24H2,1-6H3,(H,41,42). The van der Waals surface area contributed by atoms with E-state index in [0.717, 1.165) is 70.4 Å². The molecule has 2 aromatic carbocycles. The molecule has 1 unspecified atom stereocenters. The number of nitrogens with zero attached hydrogens (tertiary/aromatic N) is 2. The second kappa shape index (κ2) is 13.9. The second-order valence-electron chi connectivity index (χ2n) is 13.1. The van der Waals surface area contributed by atoms with Gasteiger partial charge in [-0.25, -0.2) is 0 Å². The van der Waals surface area contributed by atoms with E-state index in [1.165, 1.54) is 5.69 Å². The average molecular weight is 630 g/mol. The van der Waals surface area contributed by atoms with Gasteiger partial charge < -0.3 is 24.5 Å². The Morgan fingerprint density at radius 3 is 2.38 bits per heavy atom. The average Bonchev–Trinajstić information content (AvgIpc) is 3.37. The molecule has 1 fully saturated rings. The van der Waals surface area contributed by atoms with Crippen molar-refractivity contribution in [2.24, 2.45) is 5.41 Å². The third kappa shape index (κ3) is 7.50. The Bertz CT molecular complexity index is 1580. The highest BCUT2D eigenvalue weighted by Gasteiger charge is 2.45. The van der Waals surface area contributed by atoms with E-state index in [0.29, 0.717) is 25.9 Å². The molecule has 8 heteroatoms. The van der Waals surface area contributed by atoms with Crippen LogP contribution in [0.15, 0.2) is 65.7 Å². The summed E-state index contributed by atoms with van der Waals surface area (Å²) in [7, 11) is 0. The summed E-state index contributed by atoms with van der Waals surface area (Å²) in [5.41, 5.74) is 5.33. The number of fused-ring (bicyclic) bond motifs is 1. The van der Waals surface area contributed by atoms with Gasteiger partial charge in [-0.15, -0.1) is 11.8 Å². The summed E-state index contributed by atoms with van der Waals surface area (Å²) < 4.78 is 11.6. The molecule has 0 spiro atoms. The van der Waals surface area contributed by atoms with Crippen LogP contribution < -0.4 is 9.64 Å². The van der Waals surface area contributed by atoms with Gasteiger partial charge in [-0.05, 0) is 73.7 Å². The molecule has 0 radical (unpaired) electrons. The van der Waals surface area contributed by atoms with Crippen molar-refractivity contribution in [1.82, 2.24) is 9.97 Å². The van der Waals surface area contributed by atoms with Crippen molar-refractivity contribution in [3.05, 3.63) is 83.3 Å². The molecule has 1 aliphatic rings. The fourth-order valence-corrected chi connectivity index (χ4v) is 7.52. The number of benzene rings is 2. The van der Waals surface area contributed by atoms with Crippen molar-refractivity contribution in [2.75, 3.05) is 31.2 Å². The number of carboxylic acid groups (broad SMARTS) is 1. The van der Waals surface area contributed by atoms with Crippen LogP contribution in [0.1, 0.15) is 75.9 Å². The number of carbonyl (C=O) groups is 1. The Kier molecular flexibility index (Phi) is 10.1. The van der Waals surface area contributed by atoms with Crippen molar-refractivity contribution in [2.45, 2.75) is 83.0 Å². The molecule has 0 aliphatic carbocycles. The number of aryl methyl sites for hydroxylation is 1. The normalized spacial score (nSPS) is 14.9. The Hall–Kier alpha value is -3.49. The monoisotopic (exact) mass is 629 g/mol. The number of carboxylic acids is 1. The minimum absolute atomic E-state index is 0.0960. The molecule has 1 saturated heterocycles. The van der Waals surface area contributed by atoms with Crippen molar-refractivity contribution < 1.29 is 19.4 Å². The van der Waals surface area contributed by atoms with Crippen molar-refractivity contribution in [1.29, 1.82) is 0 Å². The number of pyridine rings is 1. The lowest BCUT2D eigenvalue weighted by atomic mass is 9.67. The SMILES string of the molecule is CCC(CC)(C(=O)O)C(Cc1ccc(N2CCOCC2)cc1)c1[nH]c2ccc(OCc3ccc(C)cn3)cc2c1SC(C)(C)C. The molecule has 5 rings (SSSR count). The van der Waals surface area contributed by atoms with Crippen LogP contribution in [-0.4, -0.2) is 52.1 Å². The van der Waals surface area contributed by atoms with Crippen LogP contribution in [0.4, 0.5) is 5.69 Å². The zero-order chi connectivity index (χ0) is 32.2. The van der Waals surface area contributed by atoms with Crippen LogP contribution >= 0.6 is 11.8 Å². The van der Waals surface area contributed by atoms with Gasteiger partial charge in [0, 0.05) is 57.1 Å². The quantitative estimate of drug-likeness (QED) is 0.152. The maximum Gasteiger partial charge on any atom is 0.310 e. The van der Waals surface area contributed by atoms with Gasteiger partial charge in [-0.2, -0.15) is 0 Å². The molecule has 3 heterocycles. The van der Waals surface area contributed by atoms with Gasteiger partial charge in [-0.3, -0.25) is 9.78 Å². The van der Waals surface area contributed by atoms with E-state index >= 15 is 0 Å². The number of hydrogen-bond acceptors (Lipinski definition) is 6. The zero-order valence-electron chi connectivity index (χ0n) is 27.5. The smallest absolute Gasteiger partial charge is 0.310 e. The van der Waals surface area contributed by atoms with Gasteiger partial charge in [0.25, 0.3) is 0 Å². The van der Waals surface area contributed by atoms with Crippen molar-refractivity contribution in [3.8, 4) is 5.75 Å². The number of H-pyrrole nitrogens is 1. The number of aromatic amines is 1. The number of rotatable bonds is 12. The summed E-state index contributed by atoms with van der Waals surface area (Å²) in [6.07, 6.45) is 3.53. The summed E-state index contributed by atoms with van der Waals surface area (Å²) in [6.45, 7) is 16.3. The second-order valence-corrected chi connectivity index (χ2v) is 14.9. The molecule has 1 atom stereocenters. The third-order valence-corrected chi connectivity index (χ3v) is 10.2. The first kappa shape index (κ1) is 32.9. The summed E-state index contributed by atoms with van der Waals surface area (Å²) in [5, 5.41) is 11.9. The summed E-state index contributed by atoms with van der Waals surface area (Å²) in [4.78, 5) is 24.8. The molecule has 2 N–H and O–H groups in total. The highest BCUT2D eigenvalue weighted by molar-refractivity contribution is 8.00. The molecule has 7 nitrogen and oxygen atoms in total. The number of hydrogen-bond donors (Lipinski definition) is 2. The first-order valence-electron chi connectivity index (χ1n) is 16.1. The maximum absolute atomic E-state index is 13.2. The van der Waals surface area contributed by atoms with Crippen molar-refractivity contribution >= 4 is 34.3 Å². The van der Waals surface area contributed by atoms with Crippen LogP contribution in [0, 0.1) is 12.3 Å². The van der Waals surface area contributed by atoms with Crippen LogP contribution in [0.25, 0.3) is 10.9 Å². The summed E-state index contributed by atoms with van der Waals surface area (Å²) in [5.74, 6) is -0.253. The molecule has 0 amide bonds. The topological polar surface area (TPSA) is 87.7 Å². The lowest BCUT2D eigenvalue weighted by Crippen LogP contribution is -2.38. The predicted octanol–water partition coefficient (Wildman–Crippen LogP) is 8.39. The van der Waals surface area contributed by atoms with E-state index in [9.17, 15) is 9.90 Å². The van der Waals surface area contributed by atoms with Gasteiger partial charge in [0.15, 0.2) is 0 Å². The van der Waals surface area contributed by atoms with E-state index in [-0.39, 0.29) is 10.7 Å². The van der Waals surface area contributed by atoms with Gasteiger partial charge in [-0.1, -0.05) is 52.8 Å². The summed E-state index contributed by atoms with van der Waals surface area (Å²) >= 11 is 1.79. The first-order valence-corrected chi connectivity index (χ1v) is 16.9. The van der Waals surface area contributed by atoms with Crippen LogP contribution in [0.5, 0.6) is 5.75 Å². The van der Waals surface area contributed by atoms with Gasteiger partial charge >= 0.3 is 5.97 Å². The number of aliphatic carboxylic acids is 1. The fraction of sp³-hybridized carbons (Fsp3) is 0.459. The highest BCUT2D eigenvalue weighted by Crippen LogP contribution is 2.50. The lowest BCUT2D eigenvalue weighted by Gasteiger charge is -2.37. The molecule has 2 aromatic heterocycles. The Morgan fingerprint density at radius 2 is 1.78 bits per heavy atom. The first-order chi connectivity index (χ1) is 21.5. The van der Waals surface area contributed by atoms with Crippen LogP contribution in [0.2, 0.25) is 0 Å². The molecule has 240 valence electrons. The predicted molar refractivity (Wildman–Crippen MR) is 184 cm³/mol. The third-order valence-electron chi connectivity index (χ3n) is 8.97. The number of thioether (sulfide) groups is 1. The highest BCUT2D eigenvalue weighted by atomic mass is 32.2. The molecule has 0 bridgehead atoms. The largest absolute Gasteiger partial charge is 0.487 e. The number of ether oxygens (including phenoxy) is 2. The fourth-order valence-electron chi connectivity index (χ4n) is 6.33. The molecular formula is C37H47N3O4S. The van der Waals surface area contributed by atoms with Gasteiger partial charge in [0.1, 0.15) is 12.4 Å². The minimum atomic E-state index is -0.937. The van der Waals surface area contributed by atoms with Crippen molar-refractivity contribution in [3.63, 3.8) is 0 Å². The zero-order valence-corrected chi connectivity index (χ0v) is 28.3. The van der Waals surface area contributed by atoms with E-state index in [1.54, 1.807) is 11.8 Å².